The number of aromatic carboxylic acids is 1. The molecule has 1 atom stereocenters. The van der Waals surface area contributed by atoms with E-state index in [1.54, 1.807) is 36.4 Å². The van der Waals surface area contributed by atoms with Gasteiger partial charge in [0.2, 0.25) is 5.91 Å². The second-order valence-corrected chi connectivity index (χ2v) is 9.85. The van der Waals surface area contributed by atoms with Crippen molar-refractivity contribution in [3.63, 3.8) is 0 Å². The summed E-state index contributed by atoms with van der Waals surface area (Å²) in [6.45, 7) is 6.63. The van der Waals surface area contributed by atoms with Gasteiger partial charge in [0.25, 0.3) is 5.91 Å². The lowest BCUT2D eigenvalue weighted by Crippen LogP contribution is -2.31. The van der Waals surface area contributed by atoms with Gasteiger partial charge in [-0.05, 0) is 61.7 Å². The number of amides is 2. The van der Waals surface area contributed by atoms with Crippen LogP contribution in [0.25, 0.3) is 0 Å². The Kier molecular flexibility index (Phi) is 9.49. The predicted octanol–water partition coefficient (Wildman–Crippen LogP) is 4.90. The van der Waals surface area contributed by atoms with Crippen molar-refractivity contribution >= 4 is 46.8 Å². The summed E-state index contributed by atoms with van der Waals surface area (Å²) in [5, 5.41) is 24.6. The molecule has 0 bridgehead atoms. The Hall–Kier alpha value is -3.37. The standard InChI is InChI=1S/C25H28ClN5O4S/c1-4-31-22(20(12-15(2)3)28-23(33)16-8-10-18(26)11-9-16)29-30-25(31)36-14-21(32)27-19-7-5-6-17(13-19)24(34)35/h5-11,13,15,20H,4,12,14H2,1-3H3,(H,27,32)(H,28,33)(H,34,35)/t20-/m1/s1. The molecule has 0 radical (unpaired) electrons. The van der Waals surface area contributed by atoms with Crippen molar-refractivity contribution in [3.05, 3.63) is 70.5 Å². The Bertz CT molecular complexity index is 1230. The number of aromatic nitrogens is 3. The number of hydrogen-bond donors (Lipinski definition) is 3. The quantitative estimate of drug-likeness (QED) is 0.301. The van der Waals surface area contributed by atoms with Gasteiger partial charge in [-0.25, -0.2) is 4.79 Å². The fraction of sp³-hybridized carbons (Fsp3) is 0.320. The number of nitrogens with zero attached hydrogens (tertiary/aromatic N) is 3. The lowest BCUT2D eigenvalue weighted by Gasteiger charge is -2.21. The molecular formula is C25H28ClN5O4S. The zero-order valence-electron chi connectivity index (χ0n) is 20.2. The van der Waals surface area contributed by atoms with Crippen molar-refractivity contribution in [3.8, 4) is 0 Å². The highest BCUT2D eigenvalue weighted by molar-refractivity contribution is 7.99. The van der Waals surface area contributed by atoms with E-state index in [1.807, 2.05) is 11.5 Å². The normalized spacial score (nSPS) is 11.8. The number of hydrogen-bond acceptors (Lipinski definition) is 6. The van der Waals surface area contributed by atoms with Crippen LogP contribution in [0.3, 0.4) is 0 Å². The van der Waals surface area contributed by atoms with Crippen molar-refractivity contribution in [1.82, 2.24) is 20.1 Å². The average molecular weight is 530 g/mol. The van der Waals surface area contributed by atoms with Crippen LogP contribution in [0.1, 0.15) is 59.8 Å². The van der Waals surface area contributed by atoms with E-state index in [4.69, 9.17) is 16.7 Å². The van der Waals surface area contributed by atoms with Crippen molar-refractivity contribution in [2.24, 2.45) is 5.92 Å². The van der Waals surface area contributed by atoms with E-state index < -0.39 is 5.97 Å². The van der Waals surface area contributed by atoms with Crippen molar-refractivity contribution < 1.29 is 19.5 Å². The molecule has 11 heteroatoms. The number of carboxylic acids is 1. The highest BCUT2D eigenvalue weighted by Gasteiger charge is 2.24. The summed E-state index contributed by atoms with van der Waals surface area (Å²) < 4.78 is 1.89. The van der Waals surface area contributed by atoms with E-state index in [0.717, 1.165) is 0 Å². The Balaban J connectivity index is 1.71. The number of benzene rings is 2. The summed E-state index contributed by atoms with van der Waals surface area (Å²) in [6, 6.07) is 12.3. The van der Waals surface area contributed by atoms with Gasteiger partial charge in [-0.1, -0.05) is 43.3 Å². The van der Waals surface area contributed by atoms with Crippen molar-refractivity contribution in [1.29, 1.82) is 0 Å². The minimum atomic E-state index is -1.07. The van der Waals surface area contributed by atoms with Crippen LogP contribution in [0.4, 0.5) is 5.69 Å². The number of nitrogens with one attached hydrogen (secondary N) is 2. The lowest BCUT2D eigenvalue weighted by atomic mass is 10.0. The molecule has 1 heterocycles. The molecule has 2 aromatic carbocycles. The molecule has 0 unspecified atom stereocenters. The molecule has 3 N–H and O–H groups in total. The first kappa shape index (κ1) is 27.2. The molecule has 0 aliphatic heterocycles. The third-order valence-corrected chi connectivity index (χ3v) is 6.44. The van der Waals surface area contributed by atoms with Gasteiger partial charge in [0, 0.05) is 22.8 Å². The van der Waals surface area contributed by atoms with E-state index in [-0.39, 0.29) is 35.1 Å². The number of thioether (sulfide) groups is 1. The molecule has 3 rings (SSSR count). The molecule has 36 heavy (non-hydrogen) atoms. The molecule has 0 aliphatic carbocycles. The van der Waals surface area contributed by atoms with E-state index in [9.17, 15) is 14.4 Å². The summed E-state index contributed by atoms with van der Waals surface area (Å²) in [5.41, 5.74) is 0.988. The van der Waals surface area contributed by atoms with Gasteiger partial charge in [0.15, 0.2) is 11.0 Å². The number of carboxylic acid groups (broad SMARTS) is 1. The highest BCUT2D eigenvalue weighted by Crippen LogP contribution is 2.25. The summed E-state index contributed by atoms with van der Waals surface area (Å²) >= 11 is 7.16. The maximum atomic E-state index is 12.9. The van der Waals surface area contributed by atoms with E-state index in [1.165, 1.54) is 23.9 Å². The van der Waals surface area contributed by atoms with Crippen LogP contribution in [0.5, 0.6) is 0 Å². The third-order valence-electron chi connectivity index (χ3n) is 5.22. The Labute approximate surface area is 218 Å². The van der Waals surface area contributed by atoms with Gasteiger partial charge in [0.1, 0.15) is 0 Å². The predicted molar refractivity (Wildman–Crippen MR) is 140 cm³/mol. The van der Waals surface area contributed by atoms with Gasteiger partial charge in [-0.2, -0.15) is 0 Å². The van der Waals surface area contributed by atoms with Crippen molar-refractivity contribution in [2.75, 3.05) is 11.1 Å². The van der Waals surface area contributed by atoms with Gasteiger partial charge in [0.05, 0.1) is 17.4 Å². The smallest absolute Gasteiger partial charge is 0.335 e. The summed E-state index contributed by atoms with van der Waals surface area (Å²) in [5.74, 6) is -0.647. The van der Waals surface area contributed by atoms with Crippen LogP contribution < -0.4 is 10.6 Å². The first-order chi connectivity index (χ1) is 17.2. The molecule has 1 aromatic heterocycles. The Morgan fingerprint density at radius 1 is 1.08 bits per heavy atom. The second-order valence-electron chi connectivity index (χ2n) is 8.47. The monoisotopic (exact) mass is 529 g/mol. The Morgan fingerprint density at radius 2 is 1.81 bits per heavy atom. The van der Waals surface area contributed by atoms with Crippen molar-refractivity contribution in [2.45, 2.75) is 44.9 Å². The number of carbonyl (C=O) groups excluding carboxylic acids is 2. The molecule has 3 aromatic rings. The Morgan fingerprint density at radius 3 is 2.44 bits per heavy atom. The fourth-order valence-corrected chi connectivity index (χ4v) is 4.50. The SMILES string of the molecule is CCn1c(SCC(=O)Nc2cccc(C(=O)O)c2)nnc1[C@@H](CC(C)C)NC(=O)c1ccc(Cl)cc1. The lowest BCUT2D eigenvalue weighted by molar-refractivity contribution is -0.113. The fourth-order valence-electron chi connectivity index (χ4n) is 3.56. The zero-order valence-corrected chi connectivity index (χ0v) is 21.8. The van der Waals surface area contributed by atoms with Crippen LogP contribution in [-0.4, -0.2) is 43.4 Å². The van der Waals surface area contributed by atoms with Crippen LogP contribution in [0, 0.1) is 5.92 Å². The maximum Gasteiger partial charge on any atom is 0.335 e. The van der Waals surface area contributed by atoms with Crippen LogP contribution >= 0.6 is 23.4 Å². The van der Waals surface area contributed by atoms with E-state index >= 15 is 0 Å². The number of rotatable bonds is 11. The van der Waals surface area contributed by atoms with Gasteiger partial charge < -0.3 is 20.3 Å². The average Bonchev–Trinajstić information content (AvgIpc) is 3.25. The summed E-state index contributed by atoms with van der Waals surface area (Å²) in [6.07, 6.45) is 0.655. The molecule has 190 valence electrons. The summed E-state index contributed by atoms with van der Waals surface area (Å²) in [4.78, 5) is 36.5. The van der Waals surface area contributed by atoms with Crippen LogP contribution in [0.15, 0.2) is 53.7 Å². The summed E-state index contributed by atoms with van der Waals surface area (Å²) in [7, 11) is 0. The number of carbonyl (C=O) groups is 3. The molecule has 0 spiro atoms. The molecule has 0 aliphatic rings. The number of anilines is 1. The van der Waals surface area contributed by atoms with Crippen LogP contribution in [-0.2, 0) is 11.3 Å². The molecule has 9 nitrogen and oxygen atoms in total. The first-order valence-corrected chi connectivity index (χ1v) is 12.8. The minimum Gasteiger partial charge on any atom is -0.478 e. The highest BCUT2D eigenvalue weighted by atomic mass is 35.5. The second kappa shape index (κ2) is 12.5. The minimum absolute atomic E-state index is 0.0570. The van der Waals surface area contributed by atoms with Gasteiger partial charge in [-0.3, -0.25) is 9.59 Å². The number of halogens is 1. The molecule has 0 saturated heterocycles. The van der Waals surface area contributed by atoms with E-state index in [0.29, 0.717) is 40.2 Å². The van der Waals surface area contributed by atoms with Crippen LogP contribution in [0.2, 0.25) is 5.02 Å². The first-order valence-electron chi connectivity index (χ1n) is 11.4. The van der Waals surface area contributed by atoms with E-state index in [2.05, 4.69) is 34.7 Å². The topological polar surface area (TPSA) is 126 Å². The maximum absolute atomic E-state index is 12.9. The molecular weight excluding hydrogens is 502 g/mol. The zero-order chi connectivity index (χ0) is 26.2. The largest absolute Gasteiger partial charge is 0.478 e. The van der Waals surface area contributed by atoms with Gasteiger partial charge >= 0.3 is 5.97 Å². The molecule has 0 fully saturated rings. The third kappa shape index (κ3) is 7.32. The molecule has 0 saturated carbocycles. The van der Waals surface area contributed by atoms with Gasteiger partial charge in [-0.15, -0.1) is 10.2 Å². The molecule has 2 amide bonds.